The van der Waals surface area contributed by atoms with Gasteiger partial charge in [0.25, 0.3) is 0 Å². The fraction of sp³-hybridized carbons (Fsp3) is 0.483. The van der Waals surface area contributed by atoms with Gasteiger partial charge in [-0.3, -0.25) is 9.69 Å². The van der Waals surface area contributed by atoms with Gasteiger partial charge in [0.15, 0.2) is 0 Å². The Morgan fingerprint density at radius 2 is 1.82 bits per heavy atom. The number of fused-ring (bicyclic) bond motifs is 3. The number of halogens is 1. The molecule has 0 saturated heterocycles. The second-order valence-electron chi connectivity index (χ2n) is 10.3. The molecule has 1 aliphatic heterocycles. The van der Waals surface area contributed by atoms with Gasteiger partial charge in [0, 0.05) is 18.5 Å². The van der Waals surface area contributed by atoms with Crippen molar-refractivity contribution < 1.29 is 9.18 Å². The average Bonchev–Trinajstić information content (AvgIpc) is 3.20. The van der Waals surface area contributed by atoms with Crippen LogP contribution in [0.15, 0.2) is 54.1 Å². The molecule has 0 bridgehead atoms. The highest BCUT2D eigenvalue weighted by Gasteiger charge is 2.53. The maximum absolute atomic E-state index is 14.2. The Kier molecular flexibility index (Phi) is 5.68. The van der Waals surface area contributed by atoms with Crippen molar-refractivity contribution in [1.82, 2.24) is 9.80 Å². The van der Waals surface area contributed by atoms with E-state index in [9.17, 15) is 9.18 Å². The zero-order chi connectivity index (χ0) is 23.2. The van der Waals surface area contributed by atoms with E-state index < -0.39 is 0 Å². The van der Waals surface area contributed by atoms with Crippen LogP contribution in [0.2, 0.25) is 0 Å². The molecule has 2 aromatic carbocycles. The number of benzene rings is 2. The molecule has 0 atom stereocenters. The van der Waals surface area contributed by atoms with Gasteiger partial charge in [0.05, 0.1) is 5.54 Å². The van der Waals surface area contributed by atoms with Crippen molar-refractivity contribution in [2.75, 3.05) is 20.6 Å². The van der Waals surface area contributed by atoms with Crippen molar-refractivity contribution in [3.63, 3.8) is 0 Å². The van der Waals surface area contributed by atoms with Crippen LogP contribution in [0, 0.1) is 5.82 Å². The Bertz CT molecular complexity index is 1090. The zero-order valence-electron chi connectivity index (χ0n) is 20.2. The van der Waals surface area contributed by atoms with Crippen LogP contribution in [-0.4, -0.2) is 41.9 Å². The van der Waals surface area contributed by atoms with Crippen molar-refractivity contribution in [2.24, 2.45) is 0 Å². The number of hydrogen-bond donors (Lipinski definition) is 0. The van der Waals surface area contributed by atoms with Gasteiger partial charge in [-0.2, -0.15) is 0 Å². The third kappa shape index (κ3) is 3.45. The van der Waals surface area contributed by atoms with Gasteiger partial charge in [-0.05, 0) is 99.0 Å². The first-order valence-electron chi connectivity index (χ1n) is 12.5. The normalized spacial score (nSPS) is 26.6. The highest BCUT2D eigenvalue weighted by Crippen LogP contribution is 2.55. The summed E-state index contributed by atoms with van der Waals surface area (Å²) < 4.78 is 14.2. The van der Waals surface area contributed by atoms with Crippen LogP contribution < -0.4 is 0 Å². The van der Waals surface area contributed by atoms with Crippen molar-refractivity contribution in [3.05, 3.63) is 76.6 Å². The predicted octanol–water partition coefficient (Wildman–Crippen LogP) is 5.94. The van der Waals surface area contributed by atoms with Crippen molar-refractivity contribution >= 4 is 11.5 Å². The summed E-state index contributed by atoms with van der Waals surface area (Å²) in [7, 11) is 4.22. The number of carbonyl (C=O) groups excluding carboxylic acids is 1. The van der Waals surface area contributed by atoms with Gasteiger partial charge in [-0.15, -0.1) is 0 Å². The molecule has 1 heterocycles. The van der Waals surface area contributed by atoms with Crippen LogP contribution in [0.25, 0.3) is 5.57 Å². The van der Waals surface area contributed by atoms with E-state index >= 15 is 0 Å². The van der Waals surface area contributed by atoms with E-state index in [4.69, 9.17) is 0 Å². The third-order valence-electron chi connectivity index (χ3n) is 8.63. The lowest BCUT2D eigenvalue weighted by Gasteiger charge is -2.56. The molecular weight excluding hydrogens is 411 g/mol. The van der Waals surface area contributed by atoms with Gasteiger partial charge >= 0.3 is 0 Å². The Labute approximate surface area is 197 Å². The smallest absolute Gasteiger partial charge is 0.223 e. The van der Waals surface area contributed by atoms with Crippen LogP contribution >= 0.6 is 0 Å². The van der Waals surface area contributed by atoms with Crippen molar-refractivity contribution in [3.8, 4) is 0 Å². The number of amides is 1. The molecule has 0 aromatic heterocycles. The first-order chi connectivity index (χ1) is 15.9. The zero-order valence-corrected chi connectivity index (χ0v) is 20.2. The van der Waals surface area contributed by atoms with E-state index in [0.717, 1.165) is 57.1 Å². The molecule has 5 rings (SSSR count). The van der Waals surface area contributed by atoms with Gasteiger partial charge < -0.3 is 4.90 Å². The lowest BCUT2D eigenvalue weighted by atomic mass is 9.63. The molecule has 0 N–H and O–H groups in total. The molecule has 3 aliphatic rings. The van der Waals surface area contributed by atoms with Crippen LogP contribution in [0.4, 0.5) is 4.39 Å². The average molecular weight is 447 g/mol. The van der Waals surface area contributed by atoms with E-state index in [1.165, 1.54) is 28.3 Å². The first kappa shape index (κ1) is 22.3. The van der Waals surface area contributed by atoms with Gasteiger partial charge in [-0.25, -0.2) is 4.39 Å². The fourth-order valence-electron chi connectivity index (χ4n) is 6.89. The largest absolute Gasteiger partial charge is 0.333 e. The molecule has 3 nitrogen and oxygen atoms in total. The van der Waals surface area contributed by atoms with Crippen LogP contribution in [-0.2, 0) is 16.8 Å². The summed E-state index contributed by atoms with van der Waals surface area (Å²) in [6, 6.07) is 15.9. The summed E-state index contributed by atoms with van der Waals surface area (Å²) in [5.74, 6) is 0.116. The minimum Gasteiger partial charge on any atom is -0.333 e. The van der Waals surface area contributed by atoms with E-state index in [1.807, 2.05) is 6.07 Å². The van der Waals surface area contributed by atoms with E-state index in [2.05, 4.69) is 61.2 Å². The number of rotatable bonds is 4. The number of nitrogens with zero attached hydrogens (tertiary/aromatic N) is 2. The van der Waals surface area contributed by atoms with E-state index in [1.54, 1.807) is 6.07 Å². The summed E-state index contributed by atoms with van der Waals surface area (Å²) >= 11 is 0. The number of hydrogen-bond acceptors (Lipinski definition) is 2. The highest BCUT2D eigenvalue weighted by atomic mass is 19.1. The molecule has 4 heteroatoms. The lowest BCUT2D eigenvalue weighted by molar-refractivity contribution is -0.139. The first-order valence-corrected chi connectivity index (χ1v) is 12.5. The van der Waals surface area contributed by atoms with Crippen LogP contribution in [0.5, 0.6) is 0 Å². The summed E-state index contributed by atoms with van der Waals surface area (Å²) in [5, 5.41) is 0. The van der Waals surface area contributed by atoms with E-state index in [0.29, 0.717) is 12.3 Å². The Hall–Kier alpha value is -2.46. The van der Waals surface area contributed by atoms with Gasteiger partial charge in [0.2, 0.25) is 5.91 Å². The molecule has 1 saturated carbocycles. The van der Waals surface area contributed by atoms with Crippen molar-refractivity contribution in [2.45, 2.75) is 69.4 Å². The molecular formula is C29H35FN2O. The second-order valence-corrected chi connectivity index (χ2v) is 10.3. The van der Waals surface area contributed by atoms with Crippen LogP contribution in [0.1, 0.15) is 68.6 Å². The molecule has 2 aromatic rings. The van der Waals surface area contributed by atoms with Crippen molar-refractivity contribution in [1.29, 1.82) is 0 Å². The standard InChI is InChI=1S/C29H35FN2O/c1-4-8-27(33)32-18-13-25-24-12-6-5-9-21(24)19-26(25)29(32)16-14-28(15-17-29,31(2)3)22-10-7-11-23(30)20-22/h5-7,9-12,20H,4,8,13-19H2,1-3H3. The molecule has 1 spiro atoms. The monoisotopic (exact) mass is 446 g/mol. The summed E-state index contributed by atoms with van der Waals surface area (Å²) in [4.78, 5) is 17.9. The van der Waals surface area contributed by atoms with Crippen LogP contribution in [0.3, 0.4) is 0 Å². The quantitative estimate of drug-likeness (QED) is 0.580. The molecule has 1 amide bonds. The molecule has 0 unspecified atom stereocenters. The second kappa shape index (κ2) is 8.39. The summed E-state index contributed by atoms with van der Waals surface area (Å²) in [5.41, 5.74) is 6.38. The number of carbonyl (C=O) groups is 1. The highest BCUT2D eigenvalue weighted by molar-refractivity contribution is 5.84. The Balaban J connectivity index is 1.56. The third-order valence-corrected chi connectivity index (χ3v) is 8.63. The van der Waals surface area contributed by atoms with Gasteiger partial charge in [0.1, 0.15) is 5.82 Å². The molecule has 33 heavy (non-hydrogen) atoms. The molecule has 174 valence electrons. The Morgan fingerprint density at radius 3 is 2.52 bits per heavy atom. The van der Waals surface area contributed by atoms with Gasteiger partial charge in [-0.1, -0.05) is 43.3 Å². The topological polar surface area (TPSA) is 23.6 Å². The minimum absolute atomic E-state index is 0.178. The SMILES string of the molecule is CCCC(=O)N1CCC2=C(Cc3ccccc32)C12CCC(c1cccc(F)c1)(N(C)C)CC2. The summed E-state index contributed by atoms with van der Waals surface area (Å²) in [6.45, 7) is 2.90. The summed E-state index contributed by atoms with van der Waals surface area (Å²) in [6.07, 6.45) is 7.05. The molecule has 2 aliphatic carbocycles. The fourth-order valence-corrected chi connectivity index (χ4v) is 6.89. The molecule has 0 radical (unpaired) electrons. The molecule has 1 fully saturated rings. The predicted molar refractivity (Wildman–Crippen MR) is 131 cm³/mol. The maximum atomic E-state index is 14.2. The Morgan fingerprint density at radius 1 is 1.06 bits per heavy atom. The van der Waals surface area contributed by atoms with E-state index in [-0.39, 0.29) is 16.9 Å². The lowest BCUT2D eigenvalue weighted by Crippen LogP contribution is -2.60. The maximum Gasteiger partial charge on any atom is 0.223 e. The minimum atomic E-state index is -0.217.